The summed E-state index contributed by atoms with van der Waals surface area (Å²) in [4.78, 5) is 18.6. The zero-order valence-corrected chi connectivity index (χ0v) is 13.8. The van der Waals surface area contributed by atoms with Crippen molar-refractivity contribution in [1.29, 1.82) is 0 Å². The van der Waals surface area contributed by atoms with Gasteiger partial charge >= 0.3 is 0 Å². The molecule has 0 spiro atoms. The highest BCUT2D eigenvalue weighted by Gasteiger charge is 2.12. The molecule has 1 aliphatic rings. The third kappa shape index (κ3) is 5.66. The number of pyridine rings is 1. The van der Waals surface area contributed by atoms with Crippen LogP contribution in [0.3, 0.4) is 0 Å². The third-order valence-corrected chi connectivity index (χ3v) is 4.24. The molecule has 0 unspecified atom stereocenters. The fourth-order valence-corrected chi connectivity index (χ4v) is 2.83. The maximum absolute atomic E-state index is 11.8. The van der Waals surface area contributed by atoms with E-state index >= 15 is 0 Å². The molecular formula is C18H29N3O. The van der Waals surface area contributed by atoms with Gasteiger partial charge in [0.25, 0.3) is 0 Å². The van der Waals surface area contributed by atoms with Gasteiger partial charge in [-0.1, -0.05) is 38.7 Å². The number of hydrogen-bond donors (Lipinski definition) is 1. The Labute approximate surface area is 134 Å². The van der Waals surface area contributed by atoms with Crippen LogP contribution in [0.5, 0.6) is 0 Å². The van der Waals surface area contributed by atoms with Gasteiger partial charge in [0.05, 0.1) is 0 Å². The van der Waals surface area contributed by atoms with Crippen molar-refractivity contribution in [1.82, 2.24) is 10.3 Å². The molecule has 1 saturated heterocycles. The Hall–Kier alpha value is -1.58. The molecule has 0 bridgehead atoms. The van der Waals surface area contributed by atoms with E-state index in [1.165, 1.54) is 32.1 Å². The van der Waals surface area contributed by atoms with Crippen LogP contribution in [0.2, 0.25) is 0 Å². The van der Waals surface area contributed by atoms with Crippen LogP contribution >= 0.6 is 0 Å². The van der Waals surface area contributed by atoms with Crippen LogP contribution in [0.4, 0.5) is 5.82 Å². The zero-order chi connectivity index (χ0) is 15.6. The first-order chi connectivity index (χ1) is 10.8. The molecule has 2 rings (SSSR count). The summed E-state index contributed by atoms with van der Waals surface area (Å²) in [6, 6.07) is 4.14. The Morgan fingerprint density at radius 3 is 2.64 bits per heavy atom. The van der Waals surface area contributed by atoms with Crippen LogP contribution in [-0.2, 0) is 11.3 Å². The van der Waals surface area contributed by atoms with Crippen molar-refractivity contribution < 1.29 is 4.79 Å². The summed E-state index contributed by atoms with van der Waals surface area (Å²) in [7, 11) is 0. The van der Waals surface area contributed by atoms with Crippen LogP contribution in [0, 0.1) is 0 Å². The van der Waals surface area contributed by atoms with Crippen LogP contribution in [0.1, 0.15) is 63.9 Å². The topological polar surface area (TPSA) is 45.2 Å². The van der Waals surface area contributed by atoms with Gasteiger partial charge in [-0.05, 0) is 30.9 Å². The number of carbonyl (C=O) groups is 1. The minimum atomic E-state index is 0.153. The molecule has 0 radical (unpaired) electrons. The monoisotopic (exact) mass is 303 g/mol. The molecular weight excluding hydrogens is 274 g/mol. The lowest BCUT2D eigenvalue weighted by molar-refractivity contribution is -0.121. The molecule has 1 N–H and O–H groups in total. The molecule has 0 aromatic carbocycles. The highest BCUT2D eigenvalue weighted by molar-refractivity contribution is 5.75. The minimum Gasteiger partial charge on any atom is -0.357 e. The van der Waals surface area contributed by atoms with Crippen molar-refractivity contribution >= 4 is 11.7 Å². The number of aromatic nitrogens is 1. The van der Waals surface area contributed by atoms with Gasteiger partial charge in [0.2, 0.25) is 5.91 Å². The fourth-order valence-electron chi connectivity index (χ4n) is 2.83. The van der Waals surface area contributed by atoms with Gasteiger partial charge < -0.3 is 10.2 Å². The molecule has 2 heterocycles. The quantitative estimate of drug-likeness (QED) is 0.708. The number of hydrogen-bond acceptors (Lipinski definition) is 3. The average Bonchev–Trinajstić information content (AvgIpc) is 3.08. The predicted octanol–water partition coefficient (Wildman–Crippen LogP) is 3.66. The summed E-state index contributed by atoms with van der Waals surface area (Å²) in [6.07, 6.45) is 11.0. The lowest BCUT2D eigenvalue weighted by Gasteiger charge is -2.16. The Balaban J connectivity index is 1.64. The Bertz CT molecular complexity index is 438. The van der Waals surface area contributed by atoms with Crippen LogP contribution < -0.4 is 10.2 Å². The van der Waals surface area contributed by atoms with E-state index in [9.17, 15) is 4.79 Å². The van der Waals surface area contributed by atoms with E-state index in [1.807, 2.05) is 6.20 Å². The van der Waals surface area contributed by atoms with Crippen molar-refractivity contribution in [3.05, 3.63) is 23.9 Å². The van der Waals surface area contributed by atoms with Gasteiger partial charge in [0, 0.05) is 32.3 Å². The van der Waals surface area contributed by atoms with E-state index in [-0.39, 0.29) is 5.91 Å². The molecule has 22 heavy (non-hydrogen) atoms. The number of amides is 1. The van der Waals surface area contributed by atoms with Crippen LogP contribution in [-0.4, -0.2) is 24.0 Å². The van der Waals surface area contributed by atoms with Crippen LogP contribution in [0.25, 0.3) is 0 Å². The van der Waals surface area contributed by atoms with Crippen molar-refractivity contribution in [2.24, 2.45) is 0 Å². The lowest BCUT2D eigenvalue weighted by atomic mass is 10.1. The molecule has 4 heteroatoms. The first-order valence-electron chi connectivity index (χ1n) is 8.76. The molecule has 1 fully saturated rings. The number of carbonyl (C=O) groups excluding carboxylic acids is 1. The Kier molecular flexibility index (Phi) is 7.20. The Morgan fingerprint density at radius 1 is 1.18 bits per heavy atom. The largest absolute Gasteiger partial charge is 0.357 e. The maximum Gasteiger partial charge on any atom is 0.220 e. The number of rotatable bonds is 9. The van der Waals surface area contributed by atoms with Crippen molar-refractivity contribution in [2.45, 2.75) is 64.8 Å². The second-order valence-electron chi connectivity index (χ2n) is 6.16. The molecule has 0 saturated carbocycles. The van der Waals surface area contributed by atoms with Gasteiger partial charge in [-0.25, -0.2) is 4.98 Å². The van der Waals surface area contributed by atoms with Crippen LogP contribution in [0.15, 0.2) is 18.3 Å². The first kappa shape index (κ1) is 16.8. The summed E-state index contributed by atoms with van der Waals surface area (Å²) in [5, 5.41) is 2.99. The van der Waals surface area contributed by atoms with E-state index in [4.69, 9.17) is 0 Å². The molecule has 1 aromatic rings. The number of anilines is 1. The molecule has 122 valence electrons. The molecule has 1 amide bonds. The fraction of sp³-hybridized carbons (Fsp3) is 0.667. The lowest BCUT2D eigenvalue weighted by Crippen LogP contribution is -2.23. The maximum atomic E-state index is 11.8. The normalized spacial score (nSPS) is 14.3. The van der Waals surface area contributed by atoms with E-state index in [0.717, 1.165) is 37.3 Å². The molecule has 0 aliphatic carbocycles. The number of unbranched alkanes of at least 4 members (excludes halogenated alkanes) is 4. The van der Waals surface area contributed by atoms with E-state index < -0.39 is 0 Å². The van der Waals surface area contributed by atoms with Crippen molar-refractivity contribution in [3.63, 3.8) is 0 Å². The zero-order valence-electron chi connectivity index (χ0n) is 13.8. The second-order valence-corrected chi connectivity index (χ2v) is 6.16. The van der Waals surface area contributed by atoms with Crippen molar-refractivity contribution in [3.8, 4) is 0 Å². The van der Waals surface area contributed by atoms with Gasteiger partial charge in [-0.15, -0.1) is 0 Å². The average molecular weight is 303 g/mol. The summed E-state index contributed by atoms with van der Waals surface area (Å²) in [5.74, 6) is 1.21. The summed E-state index contributed by atoms with van der Waals surface area (Å²) in [6.45, 7) is 5.01. The third-order valence-electron chi connectivity index (χ3n) is 4.24. The van der Waals surface area contributed by atoms with Gasteiger partial charge in [-0.2, -0.15) is 0 Å². The number of nitrogens with zero attached hydrogens (tertiary/aromatic N) is 2. The van der Waals surface area contributed by atoms with E-state index in [0.29, 0.717) is 13.0 Å². The molecule has 1 aromatic heterocycles. The minimum absolute atomic E-state index is 0.153. The molecule has 0 atom stereocenters. The number of nitrogens with one attached hydrogen (secondary N) is 1. The summed E-state index contributed by atoms with van der Waals surface area (Å²) < 4.78 is 0. The molecule has 1 aliphatic heterocycles. The second kappa shape index (κ2) is 9.44. The van der Waals surface area contributed by atoms with Gasteiger partial charge in [-0.3, -0.25) is 4.79 Å². The first-order valence-corrected chi connectivity index (χ1v) is 8.76. The summed E-state index contributed by atoms with van der Waals surface area (Å²) in [5.41, 5.74) is 1.07. The summed E-state index contributed by atoms with van der Waals surface area (Å²) >= 11 is 0. The van der Waals surface area contributed by atoms with E-state index in [1.54, 1.807) is 0 Å². The Morgan fingerprint density at radius 2 is 1.95 bits per heavy atom. The molecule has 4 nitrogen and oxygen atoms in total. The predicted molar refractivity (Wildman–Crippen MR) is 90.9 cm³/mol. The van der Waals surface area contributed by atoms with E-state index in [2.05, 4.69) is 34.3 Å². The standard InChI is InChI=1S/C18H29N3O/c1-2-3-4-5-6-9-18(22)20-15-16-10-11-17(19-14-16)21-12-7-8-13-21/h10-11,14H,2-9,12-13,15H2,1H3,(H,20,22). The van der Waals surface area contributed by atoms with Crippen molar-refractivity contribution in [2.75, 3.05) is 18.0 Å². The van der Waals surface area contributed by atoms with Gasteiger partial charge in [0.1, 0.15) is 5.82 Å². The smallest absolute Gasteiger partial charge is 0.220 e. The highest BCUT2D eigenvalue weighted by atomic mass is 16.1. The highest BCUT2D eigenvalue weighted by Crippen LogP contribution is 2.17. The van der Waals surface area contributed by atoms with Gasteiger partial charge in [0.15, 0.2) is 0 Å². The SMILES string of the molecule is CCCCCCCC(=O)NCc1ccc(N2CCCC2)nc1.